The molecule has 1 aromatic heterocycles. The Kier molecular flexibility index (Phi) is 7.31. The number of hydrogen-bond acceptors (Lipinski definition) is 6. The molecule has 0 saturated carbocycles. The fourth-order valence-corrected chi connectivity index (χ4v) is 5.63. The van der Waals surface area contributed by atoms with Gasteiger partial charge in [0.1, 0.15) is 0 Å². The number of aromatic nitrogens is 1. The van der Waals surface area contributed by atoms with Gasteiger partial charge in [0.15, 0.2) is 5.69 Å². The van der Waals surface area contributed by atoms with Gasteiger partial charge in [-0.1, -0.05) is 24.3 Å². The second kappa shape index (κ2) is 10.2. The van der Waals surface area contributed by atoms with E-state index in [0.29, 0.717) is 30.7 Å². The number of thiocarbonyl (C=S) groups is 1. The van der Waals surface area contributed by atoms with Crippen LogP contribution in [0, 0.1) is 13.8 Å². The number of morpholine rings is 1. The molecule has 4 rings (SSSR count). The maximum absolute atomic E-state index is 13.2. The summed E-state index contributed by atoms with van der Waals surface area (Å²) in [6.45, 7) is 9.23. The third kappa shape index (κ3) is 4.98. The van der Waals surface area contributed by atoms with Gasteiger partial charge in [0.25, 0.3) is 0 Å². The number of rotatable bonds is 6. The fourth-order valence-electron chi connectivity index (χ4n) is 4.05. The molecule has 1 aliphatic heterocycles. The molecule has 0 atom stereocenters. The lowest BCUT2D eigenvalue weighted by Crippen LogP contribution is -2.40. The van der Waals surface area contributed by atoms with E-state index < -0.39 is 10.0 Å². The Morgan fingerprint density at radius 1 is 1.23 bits per heavy atom. The third-order valence-corrected chi connectivity index (χ3v) is 7.93. The number of fused-ring (bicyclic) bond motifs is 1. The molecule has 0 spiro atoms. The molecular weight excluding hydrogens is 486 g/mol. The number of allylic oxidation sites excluding steroid dienone is 1. The van der Waals surface area contributed by atoms with Gasteiger partial charge in [-0.05, 0) is 55.4 Å². The fraction of sp³-hybridized carbons (Fsp3) is 0.292. The van der Waals surface area contributed by atoms with E-state index in [2.05, 4.69) is 22.1 Å². The molecule has 184 valence electrons. The number of ether oxygens (including phenoxy) is 1. The van der Waals surface area contributed by atoms with E-state index >= 15 is 0 Å². The molecule has 0 bridgehead atoms. The van der Waals surface area contributed by atoms with Gasteiger partial charge in [-0.2, -0.15) is 4.31 Å². The normalized spacial score (nSPS) is 15.0. The summed E-state index contributed by atoms with van der Waals surface area (Å²) in [6, 6.07) is 10.6. The van der Waals surface area contributed by atoms with Crippen LogP contribution in [0.3, 0.4) is 0 Å². The topological polar surface area (TPSA) is 109 Å². The highest BCUT2D eigenvalue weighted by Gasteiger charge is 2.28. The van der Waals surface area contributed by atoms with Gasteiger partial charge in [0.2, 0.25) is 21.0 Å². The van der Waals surface area contributed by atoms with Gasteiger partial charge in [-0.25, -0.2) is 8.42 Å². The van der Waals surface area contributed by atoms with Crippen molar-refractivity contribution in [2.75, 3.05) is 31.6 Å². The summed E-state index contributed by atoms with van der Waals surface area (Å²) in [5.41, 5.74) is 3.59. The Labute approximate surface area is 209 Å². The van der Waals surface area contributed by atoms with Crippen molar-refractivity contribution in [1.29, 1.82) is 0 Å². The van der Waals surface area contributed by atoms with E-state index in [-0.39, 0.29) is 34.7 Å². The van der Waals surface area contributed by atoms with E-state index in [0.717, 1.165) is 16.8 Å². The van der Waals surface area contributed by atoms with Gasteiger partial charge in [-0.15, -0.1) is 16.8 Å². The van der Waals surface area contributed by atoms with Crippen LogP contribution in [0.15, 0.2) is 64.2 Å². The van der Waals surface area contributed by atoms with Gasteiger partial charge >= 0.3 is 0 Å². The highest BCUT2D eigenvalue weighted by atomic mass is 32.2. The first-order valence-corrected chi connectivity index (χ1v) is 12.9. The standard InChI is InChI=1S/C24H27N5O4S2/c1-4-10-29-20-9-8-18(35(31,32)28-11-13-33-14-12-28)15-19(20)22(23(29)30)26-27-24(34)25-21-16(2)6-5-7-17(21)3/h4-9,15,30H,1,10-14H2,2-3H3,(H,25,34). The molecule has 0 aliphatic carbocycles. The first-order valence-electron chi connectivity index (χ1n) is 11.1. The van der Waals surface area contributed by atoms with Crippen molar-refractivity contribution in [3.8, 4) is 5.88 Å². The second-order valence-corrected chi connectivity index (χ2v) is 10.5. The molecule has 11 heteroatoms. The lowest BCUT2D eigenvalue weighted by atomic mass is 10.1. The number of hydrogen-bond donors (Lipinski definition) is 2. The number of sulfonamides is 1. The van der Waals surface area contributed by atoms with E-state index in [9.17, 15) is 13.5 Å². The zero-order valence-corrected chi connectivity index (χ0v) is 21.2. The van der Waals surface area contributed by atoms with Crippen LogP contribution in [0.2, 0.25) is 0 Å². The largest absolute Gasteiger partial charge is 0.493 e. The van der Waals surface area contributed by atoms with Crippen molar-refractivity contribution < 1.29 is 18.3 Å². The molecule has 1 aliphatic rings. The molecule has 35 heavy (non-hydrogen) atoms. The summed E-state index contributed by atoms with van der Waals surface area (Å²) in [5.74, 6) is -0.153. The zero-order chi connectivity index (χ0) is 25.2. The quantitative estimate of drug-likeness (QED) is 0.282. The van der Waals surface area contributed by atoms with Crippen molar-refractivity contribution in [2.45, 2.75) is 25.3 Å². The lowest BCUT2D eigenvalue weighted by Gasteiger charge is -2.26. The van der Waals surface area contributed by atoms with Crippen molar-refractivity contribution in [3.05, 3.63) is 60.2 Å². The summed E-state index contributed by atoms with van der Waals surface area (Å²) < 4.78 is 34.6. The number of para-hydroxylation sites is 1. The van der Waals surface area contributed by atoms with Crippen LogP contribution in [0.5, 0.6) is 5.88 Å². The summed E-state index contributed by atoms with van der Waals surface area (Å²) in [5, 5.41) is 22.9. The molecule has 3 aromatic rings. The van der Waals surface area contributed by atoms with Crippen LogP contribution >= 0.6 is 12.2 Å². The molecule has 0 radical (unpaired) electrons. The molecule has 2 N–H and O–H groups in total. The van der Waals surface area contributed by atoms with Gasteiger partial charge in [0.05, 0.1) is 23.6 Å². The maximum Gasteiger partial charge on any atom is 0.243 e. The highest BCUT2D eigenvalue weighted by Crippen LogP contribution is 2.40. The van der Waals surface area contributed by atoms with Crippen LogP contribution < -0.4 is 5.32 Å². The van der Waals surface area contributed by atoms with Crippen LogP contribution in [-0.4, -0.2) is 53.8 Å². The van der Waals surface area contributed by atoms with Crippen LogP contribution in [-0.2, 0) is 21.3 Å². The Hall–Kier alpha value is -3.12. The number of nitrogens with zero attached hydrogens (tertiary/aromatic N) is 4. The summed E-state index contributed by atoms with van der Waals surface area (Å²) in [4.78, 5) is 0.107. The predicted octanol–water partition coefficient (Wildman–Crippen LogP) is 4.65. The summed E-state index contributed by atoms with van der Waals surface area (Å²) >= 11 is 5.36. The van der Waals surface area contributed by atoms with Crippen molar-refractivity contribution in [1.82, 2.24) is 8.87 Å². The van der Waals surface area contributed by atoms with Crippen molar-refractivity contribution in [3.63, 3.8) is 0 Å². The lowest BCUT2D eigenvalue weighted by molar-refractivity contribution is 0.0730. The van der Waals surface area contributed by atoms with Crippen molar-refractivity contribution >= 4 is 49.6 Å². The summed E-state index contributed by atoms with van der Waals surface area (Å²) in [7, 11) is -3.74. The highest BCUT2D eigenvalue weighted by molar-refractivity contribution is 7.89. The second-order valence-electron chi connectivity index (χ2n) is 8.16. The number of anilines is 1. The number of aromatic hydroxyl groups is 1. The Morgan fingerprint density at radius 3 is 2.57 bits per heavy atom. The minimum atomic E-state index is -3.74. The van der Waals surface area contributed by atoms with Gasteiger partial charge < -0.3 is 19.7 Å². The van der Waals surface area contributed by atoms with Crippen LogP contribution in [0.25, 0.3) is 10.9 Å². The number of benzene rings is 2. The SMILES string of the molecule is C=CCn1c(O)c(N=NC(=S)Nc2c(C)cccc2C)c2cc(S(=O)(=O)N3CCOCC3)ccc21. The van der Waals surface area contributed by atoms with Gasteiger partial charge in [0, 0.05) is 30.7 Å². The minimum Gasteiger partial charge on any atom is -0.493 e. The molecule has 2 heterocycles. The molecule has 1 fully saturated rings. The van der Waals surface area contributed by atoms with Crippen molar-refractivity contribution in [2.24, 2.45) is 10.2 Å². The minimum absolute atomic E-state index is 0.107. The molecule has 0 unspecified atom stereocenters. The first-order chi connectivity index (χ1) is 16.7. The van der Waals surface area contributed by atoms with E-state index in [1.807, 2.05) is 32.0 Å². The van der Waals surface area contributed by atoms with Crippen LogP contribution in [0.1, 0.15) is 11.1 Å². The molecule has 1 saturated heterocycles. The predicted molar refractivity (Wildman–Crippen MR) is 140 cm³/mol. The smallest absolute Gasteiger partial charge is 0.243 e. The molecular formula is C24H27N5O4S2. The monoisotopic (exact) mass is 513 g/mol. The Morgan fingerprint density at radius 2 is 1.91 bits per heavy atom. The number of aryl methyl sites for hydroxylation is 2. The van der Waals surface area contributed by atoms with E-state index in [1.54, 1.807) is 16.7 Å². The average Bonchev–Trinajstić information content (AvgIpc) is 3.11. The molecule has 9 nitrogen and oxygen atoms in total. The number of azo groups is 1. The van der Waals surface area contributed by atoms with Gasteiger partial charge in [-0.3, -0.25) is 0 Å². The molecule has 0 amide bonds. The van der Waals surface area contributed by atoms with E-state index in [1.165, 1.54) is 16.4 Å². The zero-order valence-electron chi connectivity index (χ0n) is 19.6. The summed E-state index contributed by atoms with van der Waals surface area (Å²) in [6.07, 6.45) is 1.63. The Balaban J connectivity index is 1.73. The maximum atomic E-state index is 13.2. The average molecular weight is 514 g/mol. The van der Waals surface area contributed by atoms with E-state index in [4.69, 9.17) is 17.0 Å². The Bertz CT molecular complexity index is 1400. The first kappa shape index (κ1) is 25.0. The molecule has 2 aromatic carbocycles. The third-order valence-electron chi connectivity index (χ3n) is 5.85. The van der Waals surface area contributed by atoms with Crippen LogP contribution in [0.4, 0.5) is 11.4 Å². The number of nitrogens with one attached hydrogen (secondary N) is 1.